The van der Waals surface area contributed by atoms with Crippen molar-refractivity contribution in [3.8, 4) is 34.5 Å². The van der Waals surface area contributed by atoms with Crippen molar-refractivity contribution in [3.05, 3.63) is 164 Å². The van der Waals surface area contributed by atoms with E-state index in [1.807, 2.05) is 32.0 Å². The van der Waals surface area contributed by atoms with Crippen LogP contribution in [0.25, 0.3) is 0 Å². The van der Waals surface area contributed by atoms with Gasteiger partial charge in [0.05, 0.1) is 38.1 Å². The van der Waals surface area contributed by atoms with Crippen LogP contribution in [0, 0.1) is 25.5 Å². The molecule has 2 heterocycles. The van der Waals surface area contributed by atoms with Crippen LogP contribution in [0.2, 0.25) is 0 Å². The number of nitrogens with zero attached hydrogens (tertiary/aromatic N) is 2. The van der Waals surface area contributed by atoms with E-state index in [-0.39, 0.29) is 54.7 Å². The van der Waals surface area contributed by atoms with E-state index in [0.29, 0.717) is 22.9 Å². The van der Waals surface area contributed by atoms with Crippen molar-refractivity contribution in [2.45, 2.75) is 52.6 Å². The highest BCUT2D eigenvalue weighted by Crippen LogP contribution is 2.32. The van der Waals surface area contributed by atoms with E-state index in [1.54, 1.807) is 50.2 Å². The van der Waals surface area contributed by atoms with Crippen LogP contribution < -0.4 is 41.9 Å². The van der Waals surface area contributed by atoms with E-state index in [4.69, 9.17) is 18.9 Å². The number of pyridine rings is 2. The molecule has 4 aromatic carbocycles. The van der Waals surface area contributed by atoms with Gasteiger partial charge in [0.1, 0.15) is 34.6 Å². The maximum Gasteiger partial charge on any atom is 0.319 e. The Balaban J connectivity index is 0.000000261. The zero-order chi connectivity index (χ0) is 51.1. The molecule has 20 heteroatoms. The molecule has 0 aliphatic rings. The average Bonchev–Trinajstić information content (AvgIpc) is 3.31. The Morgan fingerprint density at radius 2 is 1.06 bits per heavy atom. The number of halogens is 2. The van der Waals surface area contributed by atoms with Crippen molar-refractivity contribution in [1.29, 1.82) is 0 Å². The van der Waals surface area contributed by atoms with Gasteiger partial charge in [-0.2, -0.15) is 0 Å². The second kappa shape index (κ2) is 24.4. The highest BCUT2D eigenvalue weighted by atomic mass is 19.1. The second-order valence-electron chi connectivity index (χ2n) is 15.4. The molecule has 0 spiro atoms. The van der Waals surface area contributed by atoms with E-state index in [9.17, 15) is 47.8 Å². The Morgan fingerprint density at radius 1 is 0.614 bits per heavy atom. The van der Waals surface area contributed by atoms with Gasteiger partial charge in [-0.15, -0.1) is 0 Å². The first kappa shape index (κ1) is 52.3. The van der Waals surface area contributed by atoms with Gasteiger partial charge in [-0.05, 0) is 98.5 Å². The summed E-state index contributed by atoms with van der Waals surface area (Å²) in [4.78, 5) is 74.4. The number of benzene rings is 4. The normalized spacial score (nSPS) is 11.4. The van der Waals surface area contributed by atoms with Crippen LogP contribution in [0.5, 0.6) is 34.5 Å². The first-order valence-electron chi connectivity index (χ1n) is 21.7. The number of rotatable bonds is 16. The molecular weight excluding hydrogens is 915 g/mol. The molecule has 4 amide bonds. The summed E-state index contributed by atoms with van der Waals surface area (Å²) in [6, 6.07) is 21.0. The molecule has 6 N–H and O–H groups in total. The fourth-order valence-corrected chi connectivity index (χ4v) is 6.72. The van der Waals surface area contributed by atoms with E-state index < -0.39 is 64.6 Å². The summed E-state index contributed by atoms with van der Waals surface area (Å²) in [5.74, 6) is -2.35. The lowest BCUT2D eigenvalue weighted by atomic mass is 10.0. The molecule has 70 heavy (non-hydrogen) atoms. The third kappa shape index (κ3) is 14.4. The highest BCUT2D eigenvalue weighted by Gasteiger charge is 2.24. The van der Waals surface area contributed by atoms with Gasteiger partial charge in [-0.25, -0.2) is 18.4 Å². The monoisotopic (exact) mass is 966 g/mol. The molecular formula is C50H52F2N6O12. The number of urea groups is 2. The smallest absolute Gasteiger partial charge is 0.319 e. The topological polar surface area (TPSA) is 238 Å². The fourth-order valence-electron chi connectivity index (χ4n) is 6.72. The summed E-state index contributed by atoms with van der Waals surface area (Å²) in [6.07, 6.45) is 2.30. The summed E-state index contributed by atoms with van der Waals surface area (Å²) in [6.45, 7) is 7.54. The van der Waals surface area contributed by atoms with Crippen molar-refractivity contribution >= 4 is 35.4 Å². The number of anilines is 2. The quantitative estimate of drug-likeness (QED) is 0.0503. The van der Waals surface area contributed by atoms with Crippen LogP contribution in [0.3, 0.4) is 0 Å². The molecule has 0 saturated carbocycles. The lowest BCUT2D eigenvalue weighted by Crippen LogP contribution is -2.36. The lowest BCUT2D eigenvalue weighted by molar-refractivity contribution is -0.144. The number of ether oxygens (including phenoxy) is 4. The van der Waals surface area contributed by atoms with Crippen molar-refractivity contribution in [3.63, 3.8) is 0 Å². The molecule has 0 fully saturated rings. The predicted molar refractivity (Wildman–Crippen MR) is 254 cm³/mol. The molecule has 368 valence electrons. The van der Waals surface area contributed by atoms with Gasteiger partial charge in [0, 0.05) is 32.6 Å². The number of aryl methyl sites for hydroxylation is 4. The third-order valence-corrected chi connectivity index (χ3v) is 10.2. The molecule has 2 aromatic heterocycles. The zero-order valence-electron chi connectivity index (χ0n) is 39.0. The van der Waals surface area contributed by atoms with Crippen molar-refractivity contribution in [1.82, 2.24) is 19.8 Å². The average molecular weight is 967 g/mol. The summed E-state index contributed by atoms with van der Waals surface area (Å²) in [7, 11) is 2.94. The second-order valence-corrected chi connectivity index (χ2v) is 15.4. The van der Waals surface area contributed by atoms with E-state index in [0.717, 1.165) is 29.0 Å². The first-order valence-corrected chi connectivity index (χ1v) is 21.7. The number of nitrogens with one attached hydrogen (secondary N) is 4. The Morgan fingerprint density at radius 3 is 1.50 bits per heavy atom. The Hall–Kier alpha value is -8.68. The van der Waals surface area contributed by atoms with E-state index in [2.05, 4.69) is 21.3 Å². The molecule has 0 aliphatic carbocycles. The minimum Gasteiger partial charge on any atom is -0.505 e. The SMILES string of the molecule is CCOC(=O)C[C@H](NC(=O)Nc1c(O)ccn(C)c1=O)c1cccc(Oc2c(C)cccc2C)c1.CCOC(=O)C[C@H](NC(=O)Nc1c(O)ccn(C)c1=O)c1cccc(Oc2ccc(F)cc2F)c1. The van der Waals surface area contributed by atoms with Crippen molar-refractivity contribution in [2.75, 3.05) is 23.8 Å². The minimum atomic E-state index is -0.939. The van der Waals surface area contributed by atoms with E-state index in [1.165, 1.54) is 59.9 Å². The van der Waals surface area contributed by atoms with Gasteiger partial charge in [0.15, 0.2) is 22.9 Å². The third-order valence-electron chi connectivity index (χ3n) is 10.2. The van der Waals surface area contributed by atoms with E-state index >= 15 is 0 Å². The maximum atomic E-state index is 14.0. The van der Waals surface area contributed by atoms with Crippen LogP contribution in [-0.4, -0.2) is 56.6 Å². The van der Waals surface area contributed by atoms with Gasteiger partial charge >= 0.3 is 24.0 Å². The minimum absolute atomic E-state index is 0.124. The molecule has 0 bridgehead atoms. The molecule has 0 aliphatic heterocycles. The first-order chi connectivity index (χ1) is 33.4. The number of hydrogen-bond acceptors (Lipinski definition) is 12. The number of para-hydroxylation sites is 1. The van der Waals surface area contributed by atoms with Crippen LogP contribution in [0.4, 0.5) is 29.7 Å². The Labute approximate surface area is 400 Å². The fraction of sp³-hybridized carbons (Fsp3) is 0.240. The molecule has 6 rings (SSSR count). The Bertz CT molecular complexity index is 2960. The number of carbonyl (C=O) groups excluding carboxylic acids is 4. The lowest BCUT2D eigenvalue weighted by Gasteiger charge is -2.20. The van der Waals surface area contributed by atoms with Gasteiger partial charge in [-0.1, -0.05) is 42.5 Å². The van der Waals surface area contributed by atoms with Crippen LogP contribution in [-0.2, 0) is 33.2 Å². The predicted octanol–water partition coefficient (Wildman–Crippen LogP) is 8.29. The number of aromatic nitrogens is 2. The summed E-state index contributed by atoms with van der Waals surface area (Å²) in [5, 5.41) is 29.9. The zero-order valence-corrected chi connectivity index (χ0v) is 39.0. The van der Waals surface area contributed by atoms with Crippen molar-refractivity contribution < 1.29 is 57.1 Å². The van der Waals surface area contributed by atoms with Gasteiger partial charge < -0.3 is 59.6 Å². The summed E-state index contributed by atoms with van der Waals surface area (Å²) < 4.78 is 51.2. The number of carbonyl (C=O) groups is 4. The number of aromatic hydroxyl groups is 2. The number of esters is 2. The molecule has 0 radical (unpaired) electrons. The molecule has 0 unspecified atom stereocenters. The molecule has 6 aromatic rings. The van der Waals surface area contributed by atoms with Crippen LogP contribution in [0.1, 0.15) is 61.0 Å². The highest BCUT2D eigenvalue weighted by molar-refractivity contribution is 5.92. The largest absolute Gasteiger partial charge is 0.505 e. The Kier molecular flexibility index (Phi) is 18.2. The number of amides is 4. The molecule has 18 nitrogen and oxygen atoms in total. The van der Waals surface area contributed by atoms with Gasteiger partial charge in [0.2, 0.25) is 0 Å². The molecule has 0 saturated heterocycles. The maximum absolute atomic E-state index is 14.0. The number of hydrogen-bond donors (Lipinski definition) is 6. The standard InChI is InChI=1S/C26H29N3O6.C24H23F2N3O6/c1-5-34-22(31)15-20(27-26(33)28-23-21(30)12-13-29(4)25(23)32)18-10-7-11-19(14-18)35-24-16(2)8-6-9-17(24)3;1-3-34-21(31)13-18(27-24(33)28-22-19(30)9-10-29(2)23(22)32)14-5-4-6-16(11-14)35-20-8-7-15(25)12-17(20)26/h6-14,20,30H,5,15H2,1-4H3,(H2,27,28,33);4-12,18,30H,3,13H2,1-2H3,(H2,27,28,33)/t20-;18-/m00/s1. The molecule has 2 atom stereocenters. The summed E-state index contributed by atoms with van der Waals surface area (Å²) >= 11 is 0. The van der Waals surface area contributed by atoms with Gasteiger partial charge in [0.25, 0.3) is 11.1 Å². The van der Waals surface area contributed by atoms with Crippen molar-refractivity contribution in [2.24, 2.45) is 14.1 Å². The van der Waals surface area contributed by atoms with Crippen LogP contribution in [0.15, 0.2) is 119 Å². The summed E-state index contributed by atoms with van der Waals surface area (Å²) in [5.41, 5.74) is 1.12. The van der Waals surface area contributed by atoms with Gasteiger partial charge in [-0.3, -0.25) is 19.2 Å². The van der Waals surface area contributed by atoms with Crippen LogP contribution >= 0.6 is 0 Å².